The van der Waals surface area contributed by atoms with Crippen LogP contribution in [-0.4, -0.2) is 119 Å². The molecule has 0 spiro atoms. The van der Waals surface area contributed by atoms with E-state index in [9.17, 15) is 38.7 Å². The van der Waals surface area contributed by atoms with Gasteiger partial charge in [-0.15, -0.1) is 0 Å². The van der Waals surface area contributed by atoms with Crippen LogP contribution in [0.1, 0.15) is 81.1 Å². The maximum atomic E-state index is 14.1. The molecule has 6 atom stereocenters. The van der Waals surface area contributed by atoms with Crippen LogP contribution >= 0.6 is 11.6 Å². The molecule has 3 fully saturated rings. The number of nitrogens with one attached hydrogen (secondary N) is 5. The van der Waals surface area contributed by atoms with Gasteiger partial charge in [0.05, 0.1) is 16.7 Å². The molecule has 0 unspecified atom stereocenters. The third kappa shape index (κ3) is 11.3. The van der Waals surface area contributed by atoms with Crippen LogP contribution in [0.5, 0.6) is 0 Å². The lowest BCUT2D eigenvalue weighted by molar-refractivity contribution is -0.142. The Labute approximate surface area is 338 Å². The number of aliphatic hydroxyl groups excluding tert-OH is 1. The molecule has 0 radical (unpaired) electrons. The minimum absolute atomic E-state index is 0.108. The predicted octanol–water partition coefficient (Wildman–Crippen LogP) is 1.46. The van der Waals surface area contributed by atoms with Gasteiger partial charge in [0.2, 0.25) is 35.4 Å². The van der Waals surface area contributed by atoms with E-state index in [4.69, 9.17) is 11.6 Å². The topological polar surface area (TPSA) is 206 Å². The smallest absolute Gasteiger partial charge is 0.255 e. The second kappa shape index (κ2) is 20.4. The number of carbonyl (C=O) groups excluding carboxylic acids is 7. The summed E-state index contributed by atoms with van der Waals surface area (Å²) in [6.45, 7) is 4.23. The third-order valence-corrected chi connectivity index (χ3v) is 11.3. The summed E-state index contributed by atoms with van der Waals surface area (Å²) in [5, 5.41) is 24.8. The molecule has 57 heavy (non-hydrogen) atoms. The molecule has 16 heteroatoms. The zero-order valence-electron chi connectivity index (χ0n) is 32.5. The highest BCUT2D eigenvalue weighted by atomic mass is 35.5. The first kappa shape index (κ1) is 43.1. The number of amides is 7. The van der Waals surface area contributed by atoms with Crippen molar-refractivity contribution in [2.45, 2.75) is 108 Å². The van der Waals surface area contributed by atoms with Gasteiger partial charge in [-0.1, -0.05) is 61.0 Å². The molecule has 7 amide bonds. The van der Waals surface area contributed by atoms with Crippen molar-refractivity contribution >= 4 is 53.0 Å². The van der Waals surface area contributed by atoms with Crippen molar-refractivity contribution in [3.8, 4) is 0 Å². The van der Waals surface area contributed by atoms with Gasteiger partial charge < -0.3 is 41.5 Å². The maximum Gasteiger partial charge on any atom is 0.255 e. The van der Waals surface area contributed by atoms with Gasteiger partial charge in [0.1, 0.15) is 30.2 Å². The Morgan fingerprint density at radius 1 is 0.807 bits per heavy atom. The molecule has 6 N–H and O–H groups in total. The average Bonchev–Trinajstić information content (AvgIpc) is 3.71. The Bertz CT molecular complexity index is 1770. The van der Waals surface area contributed by atoms with E-state index in [1.807, 2.05) is 30.3 Å². The molecular formula is C41H54ClN7O8. The summed E-state index contributed by atoms with van der Waals surface area (Å²) in [6.07, 6.45) is 1.73. The molecule has 3 heterocycles. The van der Waals surface area contributed by atoms with Crippen LogP contribution in [0.25, 0.3) is 0 Å². The lowest BCUT2D eigenvalue weighted by Crippen LogP contribution is -2.61. The van der Waals surface area contributed by atoms with Gasteiger partial charge in [-0.25, -0.2) is 0 Å². The van der Waals surface area contributed by atoms with E-state index in [-0.39, 0.29) is 43.5 Å². The van der Waals surface area contributed by atoms with E-state index in [1.54, 1.807) is 36.1 Å². The molecule has 2 aromatic carbocycles. The highest BCUT2D eigenvalue weighted by Gasteiger charge is 2.40. The first-order chi connectivity index (χ1) is 27.4. The number of halogens is 1. The average molecular weight is 808 g/mol. The van der Waals surface area contributed by atoms with Gasteiger partial charge in [0.25, 0.3) is 5.91 Å². The molecule has 15 nitrogen and oxygen atoms in total. The molecule has 2 aromatic rings. The van der Waals surface area contributed by atoms with E-state index in [0.29, 0.717) is 68.7 Å². The Balaban J connectivity index is 1.31. The van der Waals surface area contributed by atoms with Crippen LogP contribution in [0.3, 0.4) is 0 Å². The Kier molecular flexibility index (Phi) is 15.4. The quantitative estimate of drug-likeness (QED) is 0.241. The van der Waals surface area contributed by atoms with Crippen molar-refractivity contribution in [2.24, 2.45) is 5.92 Å². The fourth-order valence-electron chi connectivity index (χ4n) is 7.61. The van der Waals surface area contributed by atoms with Crippen LogP contribution in [0, 0.1) is 5.92 Å². The zero-order chi connectivity index (χ0) is 41.1. The molecular weight excluding hydrogens is 754 g/mol. The maximum absolute atomic E-state index is 14.1. The number of hydrogen-bond acceptors (Lipinski definition) is 8. The molecule has 0 aromatic heterocycles. The molecule has 0 aliphatic carbocycles. The summed E-state index contributed by atoms with van der Waals surface area (Å²) in [6, 6.07) is 10.4. The standard InChI is InChI=1S/C41H54ClN7O8/c1-3-30-36(52)47-34(25(2)50)39(55)46-32(24-26-12-5-4-6-13-26)41(57)49-21-11-17-33(49)38(54)43-20-10-9-16-31(37(53)44-30)45-35(51)27-18-22-48(23-19-27)40(56)28-14-7-8-15-29(28)42/h4-8,12-15,25,27,30-34,50H,3,9-11,16-24H2,1-2H3,(H,43,54)(H,44,53)(H,45,51)(H,46,55)(H,47,52)/t25-,30+,31+,32-,33+,34+/m1/s1. The van der Waals surface area contributed by atoms with E-state index >= 15 is 0 Å². The van der Waals surface area contributed by atoms with Crippen molar-refractivity contribution in [2.75, 3.05) is 26.2 Å². The van der Waals surface area contributed by atoms with Gasteiger partial charge in [-0.2, -0.15) is 0 Å². The van der Waals surface area contributed by atoms with Crippen LogP contribution in [0.4, 0.5) is 0 Å². The van der Waals surface area contributed by atoms with Crippen LogP contribution in [0.2, 0.25) is 5.02 Å². The fourth-order valence-corrected chi connectivity index (χ4v) is 7.83. The van der Waals surface area contributed by atoms with Gasteiger partial charge in [-0.3, -0.25) is 33.6 Å². The largest absolute Gasteiger partial charge is 0.391 e. The highest BCUT2D eigenvalue weighted by molar-refractivity contribution is 6.33. The SMILES string of the molecule is CC[C@@H]1NC(=O)[C@@H](NC(=O)C2CCN(C(=O)c3ccccc3Cl)CC2)CCCCNC(=O)[C@@H]2CCCN2C(=O)[C@@H](Cc2ccccc2)NC(=O)[C@H]([C@@H](C)O)NC1=O. The van der Waals surface area contributed by atoms with Gasteiger partial charge in [0.15, 0.2) is 0 Å². The number of aliphatic hydroxyl groups is 1. The number of carbonyl (C=O) groups is 7. The number of benzene rings is 2. The summed E-state index contributed by atoms with van der Waals surface area (Å²) in [7, 11) is 0. The number of fused-ring (bicyclic) bond motifs is 1. The van der Waals surface area contributed by atoms with E-state index in [2.05, 4.69) is 26.6 Å². The van der Waals surface area contributed by atoms with E-state index < -0.39 is 65.9 Å². The highest BCUT2D eigenvalue weighted by Crippen LogP contribution is 2.24. The molecule has 308 valence electrons. The molecule has 3 aliphatic heterocycles. The molecule has 3 saturated heterocycles. The van der Waals surface area contributed by atoms with Crippen LogP contribution in [-0.2, 0) is 35.2 Å². The van der Waals surface area contributed by atoms with Crippen molar-refractivity contribution in [1.29, 1.82) is 0 Å². The first-order valence-corrected chi connectivity index (χ1v) is 20.3. The number of nitrogens with zero attached hydrogens (tertiary/aromatic N) is 2. The Morgan fingerprint density at radius 2 is 1.49 bits per heavy atom. The van der Waals surface area contributed by atoms with Crippen molar-refractivity contribution in [3.63, 3.8) is 0 Å². The normalized spacial score (nSPS) is 25.4. The molecule has 0 bridgehead atoms. The molecule has 5 rings (SSSR count). The summed E-state index contributed by atoms with van der Waals surface area (Å²) in [4.78, 5) is 98.5. The summed E-state index contributed by atoms with van der Waals surface area (Å²) < 4.78 is 0. The van der Waals surface area contributed by atoms with E-state index in [0.717, 1.165) is 5.56 Å². The number of piperidine rings is 1. The fraction of sp³-hybridized carbons (Fsp3) is 0.537. The van der Waals surface area contributed by atoms with E-state index in [1.165, 1.54) is 11.8 Å². The number of rotatable bonds is 7. The van der Waals surface area contributed by atoms with Crippen LogP contribution < -0.4 is 26.6 Å². The van der Waals surface area contributed by atoms with Crippen molar-refractivity contribution in [3.05, 3.63) is 70.7 Å². The third-order valence-electron chi connectivity index (χ3n) is 10.9. The number of hydrogen-bond donors (Lipinski definition) is 6. The predicted molar refractivity (Wildman–Crippen MR) is 212 cm³/mol. The van der Waals surface area contributed by atoms with Gasteiger partial charge in [0, 0.05) is 38.5 Å². The first-order valence-electron chi connectivity index (χ1n) is 19.9. The Morgan fingerprint density at radius 3 is 2.18 bits per heavy atom. The zero-order valence-corrected chi connectivity index (χ0v) is 33.3. The number of likely N-dealkylation sites (tertiary alicyclic amines) is 1. The lowest BCUT2D eigenvalue weighted by atomic mass is 9.94. The minimum Gasteiger partial charge on any atom is -0.391 e. The molecule has 3 aliphatic rings. The van der Waals surface area contributed by atoms with Crippen molar-refractivity contribution in [1.82, 2.24) is 36.4 Å². The molecule has 0 saturated carbocycles. The lowest BCUT2D eigenvalue weighted by Gasteiger charge is -2.32. The summed E-state index contributed by atoms with van der Waals surface area (Å²) >= 11 is 6.24. The van der Waals surface area contributed by atoms with Gasteiger partial charge >= 0.3 is 0 Å². The second-order valence-corrected chi connectivity index (χ2v) is 15.4. The Hall–Kier alpha value is -5.02. The monoisotopic (exact) mass is 807 g/mol. The summed E-state index contributed by atoms with van der Waals surface area (Å²) in [5.41, 5.74) is 1.15. The van der Waals surface area contributed by atoms with Gasteiger partial charge in [-0.05, 0) is 76.0 Å². The second-order valence-electron chi connectivity index (χ2n) is 15.0. The van der Waals surface area contributed by atoms with Crippen molar-refractivity contribution < 1.29 is 38.7 Å². The minimum atomic E-state index is -1.49. The summed E-state index contributed by atoms with van der Waals surface area (Å²) in [5.74, 6) is -3.97. The van der Waals surface area contributed by atoms with Crippen LogP contribution in [0.15, 0.2) is 54.6 Å².